The average Bonchev–Trinajstić information content (AvgIpc) is 2.76. The highest BCUT2D eigenvalue weighted by Gasteiger charge is 2.39. The van der Waals surface area contributed by atoms with Crippen LogP contribution in [-0.4, -0.2) is 55.2 Å². The summed E-state index contributed by atoms with van der Waals surface area (Å²) in [5.74, 6) is -2.49. The van der Waals surface area contributed by atoms with Crippen LogP contribution in [0.1, 0.15) is 69.2 Å². The van der Waals surface area contributed by atoms with Gasteiger partial charge in [-0.05, 0) is 49.9 Å². The molecule has 0 atom stereocenters. The molecule has 0 unspecified atom stereocenters. The van der Waals surface area contributed by atoms with Gasteiger partial charge >= 0.3 is 6.18 Å². The summed E-state index contributed by atoms with van der Waals surface area (Å²) in [7, 11) is -3.79. The third-order valence-electron chi connectivity index (χ3n) is 5.49. The van der Waals surface area contributed by atoms with Crippen molar-refractivity contribution in [3.8, 4) is 0 Å². The molecule has 1 aliphatic carbocycles. The smallest absolute Gasteiger partial charge is 0.274 e. The maximum Gasteiger partial charge on any atom is 0.406 e. The van der Waals surface area contributed by atoms with E-state index in [4.69, 9.17) is 0 Å². The molecule has 180 valence electrons. The molecule has 6 nitrogen and oxygen atoms in total. The molecule has 1 aromatic rings. The van der Waals surface area contributed by atoms with Crippen molar-refractivity contribution in [1.29, 1.82) is 0 Å². The first kappa shape index (κ1) is 26.3. The molecule has 2 rings (SSSR count). The number of benzene rings is 1. The van der Waals surface area contributed by atoms with E-state index in [2.05, 4.69) is 0 Å². The summed E-state index contributed by atoms with van der Waals surface area (Å²) in [5, 5.41) is 0. The van der Waals surface area contributed by atoms with Crippen LogP contribution in [0.25, 0.3) is 0 Å². The highest BCUT2D eigenvalue weighted by Crippen LogP contribution is 2.28. The van der Waals surface area contributed by atoms with Crippen molar-refractivity contribution in [2.45, 2.75) is 69.9 Å². The molecule has 1 saturated carbocycles. The molecular weight excluding hydrogens is 445 g/mol. The third kappa shape index (κ3) is 6.78. The van der Waals surface area contributed by atoms with Gasteiger partial charge in [-0.3, -0.25) is 14.5 Å². The zero-order chi connectivity index (χ0) is 23.9. The minimum atomic E-state index is -4.73. The first-order chi connectivity index (χ1) is 15.0. The monoisotopic (exact) mass is 476 g/mol. The van der Waals surface area contributed by atoms with Crippen molar-refractivity contribution in [2.24, 2.45) is 5.92 Å². The number of sulfonamides is 1. The quantitative estimate of drug-likeness (QED) is 0.488. The molecule has 2 amide bonds. The Labute approximate surface area is 187 Å². The van der Waals surface area contributed by atoms with Crippen LogP contribution in [-0.2, 0) is 14.8 Å². The predicted molar refractivity (Wildman–Crippen MR) is 114 cm³/mol. The zero-order valence-electron chi connectivity index (χ0n) is 18.5. The lowest BCUT2D eigenvalue weighted by molar-refractivity contribution is -0.158. The van der Waals surface area contributed by atoms with E-state index in [1.807, 2.05) is 13.8 Å². The number of halogens is 3. The number of nitrogens with zero attached hydrogens (tertiary/aromatic N) is 2. The van der Waals surface area contributed by atoms with Crippen molar-refractivity contribution in [2.75, 3.05) is 19.6 Å². The standard InChI is InChI=1S/C22H31F3N2O4S/c1-3-14-26(15-4-2)32(30,31)19-12-10-18(11-13-19)21(29)27(16-22(23,24)25)20(28)17-8-6-5-7-9-17/h10-13,17H,3-9,14-16H2,1-2H3. The molecule has 0 spiro atoms. The van der Waals surface area contributed by atoms with Crippen molar-refractivity contribution < 1.29 is 31.2 Å². The number of amides is 2. The van der Waals surface area contributed by atoms with E-state index in [0.717, 1.165) is 19.3 Å². The van der Waals surface area contributed by atoms with Gasteiger partial charge in [0.25, 0.3) is 5.91 Å². The number of carbonyl (C=O) groups is 2. The Kier molecular flexibility index (Phi) is 9.27. The van der Waals surface area contributed by atoms with Crippen LogP contribution < -0.4 is 0 Å². The second-order valence-electron chi connectivity index (χ2n) is 8.11. The molecule has 0 aromatic heterocycles. The fourth-order valence-electron chi connectivity index (χ4n) is 3.92. The SMILES string of the molecule is CCCN(CCC)S(=O)(=O)c1ccc(C(=O)N(CC(F)(F)F)C(=O)C2CCCCC2)cc1. The molecule has 0 heterocycles. The summed E-state index contributed by atoms with van der Waals surface area (Å²) in [5.41, 5.74) is -0.158. The minimum Gasteiger partial charge on any atom is -0.274 e. The number of hydrogen-bond donors (Lipinski definition) is 0. The van der Waals surface area contributed by atoms with Gasteiger partial charge in [-0.1, -0.05) is 33.1 Å². The van der Waals surface area contributed by atoms with Crippen molar-refractivity contribution in [1.82, 2.24) is 9.21 Å². The number of hydrogen-bond acceptors (Lipinski definition) is 4. The van der Waals surface area contributed by atoms with Gasteiger partial charge < -0.3 is 0 Å². The van der Waals surface area contributed by atoms with E-state index in [-0.39, 0.29) is 15.4 Å². The summed E-state index contributed by atoms with van der Waals surface area (Å²) in [6.07, 6.45) is -0.155. The molecule has 0 aliphatic heterocycles. The van der Waals surface area contributed by atoms with Gasteiger partial charge in [0.15, 0.2) is 0 Å². The van der Waals surface area contributed by atoms with E-state index in [9.17, 15) is 31.2 Å². The highest BCUT2D eigenvalue weighted by molar-refractivity contribution is 7.89. The number of imide groups is 1. The maximum absolute atomic E-state index is 13.1. The molecule has 32 heavy (non-hydrogen) atoms. The Morgan fingerprint density at radius 1 is 0.969 bits per heavy atom. The molecule has 1 aliphatic rings. The van der Waals surface area contributed by atoms with Crippen LogP contribution in [0.2, 0.25) is 0 Å². The lowest BCUT2D eigenvalue weighted by Gasteiger charge is -2.28. The average molecular weight is 477 g/mol. The van der Waals surface area contributed by atoms with Gasteiger partial charge in [-0.15, -0.1) is 0 Å². The maximum atomic E-state index is 13.1. The van der Waals surface area contributed by atoms with Crippen LogP contribution in [0, 0.1) is 5.92 Å². The van der Waals surface area contributed by atoms with E-state index in [0.29, 0.717) is 38.8 Å². The van der Waals surface area contributed by atoms with Gasteiger partial charge in [0, 0.05) is 24.6 Å². The van der Waals surface area contributed by atoms with Crippen molar-refractivity contribution >= 4 is 21.8 Å². The minimum absolute atomic E-state index is 0.0445. The molecule has 1 aromatic carbocycles. The zero-order valence-corrected chi connectivity index (χ0v) is 19.3. The highest BCUT2D eigenvalue weighted by atomic mass is 32.2. The lowest BCUT2D eigenvalue weighted by Crippen LogP contribution is -2.46. The Balaban J connectivity index is 2.29. The van der Waals surface area contributed by atoms with Crippen molar-refractivity contribution in [3.05, 3.63) is 29.8 Å². The number of alkyl halides is 3. The van der Waals surface area contributed by atoms with Crippen LogP contribution in [0.5, 0.6) is 0 Å². The van der Waals surface area contributed by atoms with Gasteiger partial charge in [0.2, 0.25) is 15.9 Å². The van der Waals surface area contributed by atoms with Crippen LogP contribution in [0.4, 0.5) is 13.2 Å². The fraction of sp³-hybridized carbons (Fsp3) is 0.636. The van der Waals surface area contributed by atoms with E-state index >= 15 is 0 Å². The summed E-state index contributed by atoms with van der Waals surface area (Å²) in [6.45, 7) is 2.73. The molecule has 0 bridgehead atoms. The molecular formula is C22H31F3N2O4S. The summed E-state index contributed by atoms with van der Waals surface area (Å²) in [4.78, 5) is 25.8. The second-order valence-corrected chi connectivity index (χ2v) is 10.0. The number of carbonyl (C=O) groups excluding carboxylic acids is 2. The van der Waals surface area contributed by atoms with Crippen molar-refractivity contribution in [3.63, 3.8) is 0 Å². The fourth-order valence-corrected chi connectivity index (χ4v) is 5.55. The predicted octanol–water partition coefficient (Wildman–Crippen LogP) is 4.61. The molecule has 0 N–H and O–H groups in total. The van der Waals surface area contributed by atoms with E-state index in [1.165, 1.54) is 28.6 Å². The first-order valence-corrected chi connectivity index (χ1v) is 12.5. The molecule has 1 fully saturated rings. The van der Waals surface area contributed by atoms with E-state index in [1.54, 1.807) is 0 Å². The van der Waals surface area contributed by atoms with Crippen LogP contribution in [0.3, 0.4) is 0 Å². The normalized spacial score (nSPS) is 15.7. The Morgan fingerprint density at radius 2 is 1.50 bits per heavy atom. The Morgan fingerprint density at radius 3 is 1.97 bits per heavy atom. The Bertz CT molecular complexity index is 873. The van der Waals surface area contributed by atoms with Gasteiger partial charge in [0.1, 0.15) is 6.54 Å². The number of rotatable bonds is 9. The lowest BCUT2D eigenvalue weighted by atomic mass is 9.88. The summed E-state index contributed by atoms with van der Waals surface area (Å²) in [6, 6.07) is 4.75. The van der Waals surface area contributed by atoms with Crippen LogP contribution in [0.15, 0.2) is 29.2 Å². The topological polar surface area (TPSA) is 74.8 Å². The summed E-state index contributed by atoms with van der Waals surface area (Å²) < 4.78 is 66.5. The molecule has 0 saturated heterocycles. The first-order valence-electron chi connectivity index (χ1n) is 11.0. The van der Waals surface area contributed by atoms with Gasteiger partial charge in [-0.25, -0.2) is 8.42 Å². The van der Waals surface area contributed by atoms with E-state index < -0.39 is 40.5 Å². The summed E-state index contributed by atoms with van der Waals surface area (Å²) >= 11 is 0. The Hall–Kier alpha value is -1.94. The molecule has 10 heteroatoms. The molecule has 0 radical (unpaired) electrons. The third-order valence-corrected chi connectivity index (χ3v) is 7.40. The van der Waals surface area contributed by atoms with Gasteiger partial charge in [-0.2, -0.15) is 17.5 Å². The largest absolute Gasteiger partial charge is 0.406 e. The van der Waals surface area contributed by atoms with Gasteiger partial charge in [0.05, 0.1) is 4.90 Å². The van der Waals surface area contributed by atoms with Crippen LogP contribution >= 0.6 is 0 Å². The second kappa shape index (κ2) is 11.3.